The largest absolute Gasteiger partial charge is 0.482 e. The molecule has 2 N–H and O–H groups in total. The van der Waals surface area contributed by atoms with Gasteiger partial charge in [-0.05, 0) is 61.3 Å². The van der Waals surface area contributed by atoms with Gasteiger partial charge in [0.05, 0.1) is 18.0 Å². The van der Waals surface area contributed by atoms with E-state index in [0.29, 0.717) is 23.4 Å². The van der Waals surface area contributed by atoms with Crippen LogP contribution in [-0.4, -0.2) is 65.1 Å². The number of aromatic amines is 1. The third kappa shape index (κ3) is 6.21. The minimum absolute atomic E-state index is 0. The SMILES string of the molecule is CN(C(=O)Cc1ccc2oc(=O)[nH]c2c1)[C@H](CN1CCCC1)c1cccc(OCC(=O)O)c1.S. The number of likely N-dealkylation sites (tertiary alicyclic amines) is 1. The number of carbonyl (C=O) groups is 2. The van der Waals surface area contributed by atoms with Crippen LogP contribution in [0.1, 0.15) is 30.0 Å². The number of carboxylic acids is 1. The zero-order valence-corrected chi connectivity index (χ0v) is 20.0. The lowest BCUT2D eigenvalue weighted by molar-refractivity contribution is -0.139. The van der Waals surface area contributed by atoms with Crippen molar-refractivity contribution in [3.05, 3.63) is 64.1 Å². The lowest BCUT2D eigenvalue weighted by Crippen LogP contribution is -2.39. The number of nitrogens with zero attached hydrogens (tertiary/aromatic N) is 2. The number of benzene rings is 2. The summed E-state index contributed by atoms with van der Waals surface area (Å²) in [6.45, 7) is 2.23. The van der Waals surface area contributed by atoms with Gasteiger partial charge in [0.15, 0.2) is 12.2 Å². The Morgan fingerprint density at radius 3 is 2.71 bits per heavy atom. The van der Waals surface area contributed by atoms with E-state index in [1.54, 1.807) is 42.3 Å². The van der Waals surface area contributed by atoms with Crippen LogP contribution < -0.4 is 10.5 Å². The number of oxazole rings is 1. The van der Waals surface area contributed by atoms with Crippen LogP contribution in [0.2, 0.25) is 0 Å². The van der Waals surface area contributed by atoms with Crippen molar-refractivity contribution in [2.24, 2.45) is 0 Å². The van der Waals surface area contributed by atoms with E-state index in [1.165, 1.54) is 0 Å². The molecule has 1 fully saturated rings. The van der Waals surface area contributed by atoms with Gasteiger partial charge >= 0.3 is 11.7 Å². The van der Waals surface area contributed by atoms with Crippen molar-refractivity contribution in [3.63, 3.8) is 0 Å². The van der Waals surface area contributed by atoms with E-state index in [2.05, 4.69) is 9.88 Å². The highest BCUT2D eigenvalue weighted by molar-refractivity contribution is 7.59. The predicted molar refractivity (Wildman–Crippen MR) is 132 cm³/mol. The first-order valence-electron chi connectivity index (χ1n) is 10.9. The zero-order valence-electron chi connectivity index (χ0n) is 19.0. The summed E-state index contributed by atoms with van der Waals surface area (Å²) in [6, 6.07) is 12.2. The van der Waals surface area contributed by atoms with Gasteiger partial charge < -0.3 is 24.1 Å². The first-order valence-corrected chi connectivity index (χ1v) is 10.9. The van der Waals surface area contributed by atoms with Crippen LogP contribution in [0.4, 0.5) is 0 Å². The van der Waals surface area contributed by atoms with Crippen molar-refractivity contribution in [1.82, 2.24) is 14.8 Å². The molecule has 182 valence electrons. The monoisotopic (exact) mass is 487 g/mol. The summed E-state index contributed by atoms with van der Waals surface area (Å²) < 4.78 is 10.4. The third-order valence-corrected chi connectivity index (χ3v) is 5.93. The number of likely N-dealkylation sites (N-methyl/N-ethyl adjacent to an activating group) is 1. The summed E-state index contributed by atoms with van der Waals surface area (Å²) in [5.41, 5.74) is 2.67. The Bertz CT molecular complexity index is 1200. The second kappa shape index (κ2) is 11.3. The Morgan fingerprint density at radius 2 is 1.97 bits per heavy atom. The number of fused-ring (bicyclic) bond motifs is 1. The predicted octanol–water partition coefficient (Wildman–Crippen LogP) is 2.54. The maximum Gasteiger partial charge on any atom is 0.417 e. The summed E-state index contributed by atoms with van der Waals surface area (Å²) in [4.78, 5) is 42.2. The molecule has 10 heteroatoms. The lowest BCUT2D eigenvalue weighted by atomic mass is 10.0. The van der Waals surface area contributed by atoms with E-state index in [-0.39, 0.29) is 31.9 Å². The van der Waals surface area contributed by atoms with Gasteiger partial charge in [-0.2, -0.15) is 13.5 Å². The fraction of sp³-hybridized carbons (Fsp3) is 0.375. The molecule has 0 aliphatic carbocycles. The van der Waals surface area contributed by atoms with Crippen molar-refractivity contribution < 1.29 is 23.8 Å². The molecular weight excluding hydrogens is 458 g/mol. The molecule has 9 nitrogen and oxygen atoms in total. The number of ether oxygens (including phenoxy) is 1. The van der Waals surface area contributed by atoms with E-state index >= 15 is 0 Å². The van der Waals surface area contributed by atoms with Gasteiger partial charge in [-0.15, -0.1) is 0 Å². The Kier molecular flexibility index (Phi) is 8.41. The van der Waals surface area contributed by atoms with Gasteiger partial charge in [0.1, 0.15) is 5.75 Å². The van der Waals surface area contributed by atoms with Crippen LogP contribution in [0.15, 0.2) is 51.7 Å². The van der Waals surface area contributed by atoms with E-state index in [4.69, 9.17) is 14.3 Å². The molecule has 34 heavy (non-hydrogen) atoms. The molecule has 0 unspecified atom stereocenters. The van der Waals surface area contributed by atoms with Crippen LogP contribution in [-0.2, 0) is 16.0 Å². The minimum Gasteiger partial charge on any atom is -0.482 e. The van der Waals surface area contributed by atoms with Crippen molar-refractivity contribution in [3.8, 4) is 5.75 Å². The number of aromatic nitrogens is 1. The molecule has 1 amide bonds. The molecule has 3 aromatic rings. The maximum atomic E-state index is 13.2. The second-order valence-corrected chi connectivity index (χ2v) is 8.30. The second-order valence-electron chi connectivity index (χ2n) is 8.30. The number of aliphatic carboxylic acids is 1. The standard InChI is InChI=1S/C24H27N3O6.H2S/c1-26(22(28)12-16-7-8-21-19(11-16)25-24(31)33-21)20(14-27-9-2-3-10-27)17-5-4-6-18(13-17)32-15-23(29)30;/h4-8,11,13,20H,2-3,9-10,12,14-15H2,1H3,(H,25,31)(H,29,30);1H2/t20-;/m1./s1. The number of rotatable bonds is 9. The first-order chi connectivity index (χ1) is 15.9. The summed E-state index contributed by atoms with van der Waals surface area (Å²) in [5, 5.41) is 8.90. The van der Waals surface area contributed by atoms with E-state index in [0.717, 1.165) is 37.1 Å². The van der Waals surface area contributed by atoms with Gasteiger partial charge in [0, 0.05) is 13.6 Å². The number of carbonyl (C=O) groups excluding carboxylic acids is 1. The fourth-order valence-electron chi connectivity index (χ4n) is 4.20. The first kappa shape index (κ1) is 25.4. The van der Waals surface area contributed by atoms with Crippen molar-refractivity contribution >= 4 is 36.5 Å². The third-order valence-electron chi connectivity index (χ3n) is 5.93. The molecule has 4 rings (SSSR count). The average molecular weight is 488 g/mol. The molecule has 1 aromatic heterocycles. The van der Waals surface area contributed by atoms with E-state index in [1.807, 2.05) is 12.1 Å². The van der Waals surface area contributed by atoms with Gasteiger partial charge in [-0.1, -0.05) is 18.2 Å². The molecule has 0 spiro atoms. The Balaban J connectivity index is 0.00000324. The number of amides is 1. The quantitative estimate of drug-likeness (QED) is 0.476. The lowest BCUT2D eigenvalue weighted by Gasteiger charge is -2.32. The van der Waals surface area contributed by atoms with Crippen LogP contribution >= 0.6 is 13.5 Å². The molecule has 2 heterocycles. The molecule has 2 aromatic carbocycles. The molecule has 0 saturated carbocycles. The number of carboxylic acid groups (broad SMARTS) is 1. The summed E-state index contributed by atoms with van der Waals surface area (Å²) in [5.74, 6) is -1.18. The van der Waals surface area contributed by atoms with E-state index < -0.39 is 18.3 Å². The number of hydrogen-bond donors (Lipinski definition) is 2. The topological polar surface area (TPSA) is 116 Å². The Hall–Kier alpha value is -3.24. The Morgan fingerprint density at radius 1 is 1.21 bits per heavy atom. The highest BCUT2D eigenvalue weighted by Crippen LogP contribution is 2.27. The van der Waals surface area contributed by atoms with Crippen LogP contribution in [0.25, 0.3) is 11.1 Å². The number of H-pyrrole nitrogens is 1. The van der Waals surface area contributed by atoms with Gasteiger partial charge in [0.25, 0.3) is 0 Å². The molecule has 1 aliphatic heterocycles. The van der Waals surface area contributed by atoms with Crippen molar-refractivity contribution in [2.75, 3.05) is 33.3 Å². The zero-order chi connectivity index (χ0) is 23.4. The fourth-order valence-corrected chi connectivity index (χ4v) is 4.20. The van der Waals surface area contributed by atoms with Crippen LogP contribution in [0, 0.1) is 0 Å². The molecule has 1 saturated heterocycles. The number of nitrogens with one attached hydrogen (secondary N) is 1. The smallest absolute Gasteiger partial charge is 0.417 e. The normalized spacial score (nSPS) is 14.5. The number of hydrogen-bond acceptors (Lipinski definition) is 6. The molecule has 1 atom stereocenters. The van der Waals surface area contributed by atoms with Crippen molar-refractivity contribution in [1.29, 1.82) is 0 Å². The van der Waals surface area contributed by atoms with Gasteiger partial charge in [-0.25, -0.2) is 9.59 Å². The van der Waals surface area contributed by atoms with Crippen LogP contribution in [0.5, 0.6) is 5.75 Å². The minimum atomic E-state index is -1.04. The highest BCUT2D eigenvalue weighted by Gasteiger charge is 2.26. The summed E-state index contributed by atoms with van der Waals surface area (Å²) in [7, 11) is 1.78. The van der Waals surface area contributed by atoms with E-state index in [9.17, 15) is 14.4 Å². The molecule has 0 bridgehead atoms. The summed E-state index contributed by atoms with van der Waals surface area (Å²) in [6.07, 6.45) is 2.44. The Labute approximate surface area is 203 Å². The summed E-state index contributed by atoms with van der Waals surface area (Å²) >= 11 is 0. The molecular formula is C24H29N3O6S. The van der Waals surface area contributed by atoms with Crippen LogP contribution in [0.3, 0.4) is 0 Å². The van der Waals surface area contributed by atoms with Gasteiger partial charge in [-0.3, -0.25) is 9.78 Å². The highest BCUT2D eigenvalue weighted by atomic mass is 32.1. The van der Waals surface area contributed by atoms with Gasteiger partial charge in [0.2, 0.25) is 5.91 Å². The molecule has 1 aliphatic rings. The molecule has 0 radical (unpaired) electrons. The average Bonchev–Trinajstić information content (AvgIpc) is 3.44. The van der Waals surface area contributed by atoms with Crippen molar-refractivity contribution in [2.45, 2.75) is 25.3 Å². The maximum absolute atomic E-state index is 13.2.